The van der Waals surface area contributed by atoms with Gasteiger partial charge in [0.05, 0.1) is 5.56 Å². The molecule has 5 nitrogen and oxygen atoms in total. The SMILES string of the molecule is Cc1ccccc1C(=O)Nc1sc2c(c1C(=O)N1CCN(Cc3ccccc3)CC1)CCC(C(C)(C)C)C2. The number of piperazine rings is 1. The van der Waals surface area contributed by atoms with E-state index in [0.717, 1.165) is 60.6 Å². The molecule has 5 rings (SSSR count). The van der Waals surface area contributed by atoms with Gasteiger partial charge in [-0.25, -0.2) is 0 Å². The fourth-order valence-electron chi connectivity index (χ4n) is 5.75. The molecule has 1 aromatic heterocycles. The molecule has 6 heteroatoms. The molecule has 0 radical (unpaired) electrons. The second-order valence-electron chi connectivity index (χ2n) is 11.8. The van der Waals surface area contributed by atoms with Crippen molar-refractivity contribution in [2.75, 3.05) is 31.5 Å². The first-order valence-electron chi connectivity index (χ1n) is 13.8. The highest BCUT2D eigenvalue weighted by molar-refractivity contribution is 7.17. The number of fused-ring (bicyclic) bond motifs is 1. The van der Waals surface area contributed by atoms with Gasteiger partial charge in [-0.15, -0.1) is 11.3 Å². The Balaban J connectivity index is 1.38. The number of hydrogen-bond donors (Lipinski definition) is 1. The summed E-state index contributed by atoms with van der Waals surface area (Å²) in [6.07, 6.45) is 2.93. The molecule has 0 saturated carbocycles. The molecule has 3 aromatic rings. The van der Waals surface area contributed by atoms with Crippen LogP contribution in [-0.4, -0.2) is 47.8 Å². The summed E-state index contributed by atoms with van der Waals surface area (Å²) in [5.74, 6) is 0.491. The lowest BCUT2D eigenvalue weighted by Gasteiger charge is -2.36. The molecule has 2 aliphatic rings. The van der Waals surface area contributed by atoms with Crippen LogP contribution in [0.15, 0.2) is 54.6 Å². The number of benzene rings is 2. The fraction of sp³-hybridized carbons (Fsp3) is 0.438. The first kappa shape index (κ1) is 26.6. The molecule has 1 aliphatic heterocycles. The van der Waals surface area contributed by atoms with Gasteiger partial charge in [-0.2, -0.15) is 0 Å². The van der Waals surface area contributed by atoms with Gasteiger partial charge in [0.1, 0.15) is 5.00 Å². The number of carbonyl (C=O) groups is 2. The molecule has 38 heavy (non-hydrogen) atoms. The van der Waals surface area contributed by atoms with Gasteiger partial charge in [-0.1, -0.05) is 69.3 Å². The average molecular weight is 530 g/mol. The van der Waals surface area contributed by atoms with Gasteiger partial charge in [0, 0.05) is 43.2 Å². The third-order valence-electron chi connectivity index (χ3n) is 8.23. The molecule has 1 atom stereocenters. The first-order valence-corrected chi connectivity index (χ1v) is 14.6. The number of carbonyl (C=O) groups excluding carboxylic acids is 2. The molecule has 1 N–H and O–H groups in total. The van der Waals surface area contributed by atoms with Gasteiger partial charge < -0.3 is 10.2 Å². The topological polar surface area (TPSA) is 52.7 Å². The van der Waals surface area contributed by atoms with E-state index in [2.05, 4.69) is 55.3 Å². The van der Waals surface area contributed by atoms with E-state index in [1.165, 1.54) is 10.4 Å². The predicted octanol–water partition coefficient (Wildman–Crippen LogP) is 6.42. The Kier molecular flexibility index (Phi) is 7.73. The number of thiophene rings is 1. The Hall–Kier alpha value is -2.96. The highest BCUT2D eigenvalue weighted by atomic mass is 32.1. The Morgan fingerprint density at radius 3 is 2.34 bits per heavy atom. The second kappa shape index (κ2) is 11.0. The van der Waals surface area contributed by atoms with Crippen molar-refractivity contribution in [3.05, 3.63) is 87.3 Å². The third-order valence-corrected chi connectivity index (χ3v) is 9.40. The number of nitrogens with one attached hydrogen (secondary N) is 1. The van der Waals surface area contributed by atoms with E-state index in [1.807, 2.05) is 42.2 Å². The zero-order valence-electron chi connectivity index (χ0n) is 23.0. The van der Waals surface area contributed by atoms with Crippen LogP contribution in [0.4, 0.5) is 5.00 Å². The van der Waals surface area contributed by atoms with Gasteiger partial charge in [0.2, 0.25) is 0 Å². The number of hydrogen-bond acceptors (Lipinski definition) is 4. The Morgan fingerprint density at radius 1 is 0.974 bits per heavy atom. The van der Waals surface area contributed by atoms with E-state index in [0.29, 0.717) is 24.6 Å². The van der Waals surface area contributed by atoms with Crippen molar-refractivity contribution < 1.29 is 9.59 Å². The molecule has 1 aliphatic carbocycles. The van der Waals surface area contributed by atoms with Crippen molar-refractivity contribution in [3.8, 4) is 0 Å². The van der Waals surface area contributed by atoms with E-state index in [9.17, 15) is 9.59 Å². The minimum absolute atomic E-state index is 0.0659. The van der Waals surface area contributed by atoms with Crippen molar-refractivity contribution in [1.82, 2.24) is 9.80 Å². The molecule has 2 aromatic carbocycles. The molecule has 1 fully saturated rings. The number of anilines is 1. The van der Waals surface area contributed by atoms with Crippen LogP contribution in [0.5, 0.6) is 0 Å². The minimum atomic E-state index is -0.143. The van der Waals surface area contributed by atoms with Crippen LogP contribution >= 0.6 is 11.3 Å². The van der Waals surface area contributed by atoms with Gasteiger partial charge in [0.15, 0.2) is 0 Å². The molecule has 2 amide bonds. The van der Waals surface area contributed by atoms with Crippen LogP contribution < -0.4 is 5.32 Å². The normalized spacial score (nSPS) is 18.2. The molecule has 2 heterocycles. The van der Waals surface area contributed by atoms with Crippen LogP contribution in [0.1, 0.15) is 69.5 Å². The highest BCUT2D eigenvalue weighted by Gasteiger charge is 2.36. The molecule has 1 saturated heterocycles. The molecular weight excluding hydrogens is 490 g/mol. The summed E-state index contributed by atoms with van der Waals surface area (Å²) in [6.45, 7) is 12.9. The van der Waals surface area contributed by atoms with Gasteiger partial charge in [0.25, 0.3) is 11.8 Å². The van der Waals surface area contributed by atoms with Crippen molar-refractivity contribution >= 4 is 28.2 Å². The van der Waals surface area contributed by atoms with E-state index < -0.39 is 0 Å². The van der Waals surface area contributed by atoms with E-state index in [-0.39, 0.29) is 17.2 Å². The van der Waals surface area contributed by atoms with Crippen LogP contribution in [0.3, 0.4) is 0 Å². The van der Waals surface area contributed by atoms with Crippen LogP contribution in [-0.2, 0) is 19.4 Å². The molecule has 0 spiro atoms. The summed E-state index contributed by atoms with van der Waals surface area (Å²) in [6, 6.07) is 18.1. The summed E-state index contributed by atoms with van der Waals surface area (Å²) >= 11 is 1.62. The number of nitrogens with zero attached hydrogens (tertiary/aromatic N) is 2. The summed E-state index contributed by atoms with van der Waals surface area (Å²) in [5, 5.41) is 3.88. The Morgan fingerprint density at radius 2 is 1.66 bits per heavy atom. The lowest BCUT2D eigenvalue weighted by Crippen LogP contribution is -2.48. The average Bonchev–Trinajstić information content (AvgIpc) is 3.26. The highest BCUT2D eigenvalue weighted by Crippen LogP contribution is 2.45. The minimum Gasteiger partial charge on any atom is -0.336 e. The Bertz CT molecular complexity index is 1300. The van der Waals surface area contributed by atoms with Crippen molar-refractivity contribution in [2.24, 2.45) is 11.3 Å². The van der Waals surface area contributed by atoms with Crippen LogP contribution in [0.25, 0.3) is 0 Å². The van der Waals surface area contributed by atoms with E-state index in [4.69, 9.17) is 0 Å². The van der Waals surface area contributed by atoms with Crippen molar-refractivity contribution in [1.29, 1.82) is 0 Å². The van der Waals surface area contributed by atoms with Gasteiger partial charge in [-0.05, 0) is 60.3 Å². The zero-order valence-corrected chi connectivity index (χ0v) is 23.9. The van der Waals surface area contributed by atoms with Gasteiger partial charge in [-0.3, -0.25) is 14.5 Å². The maximum absolute atomic E-state index is 14.0. The van der Waals surface area contributed by atoms with Crippen LogP contribution in [0, 0.1) is 18.3 Å². The maximum Gasteiger partial charge on any atom is 0.257 e. The molecular formula is C32H39N3O2S. The third kappa shape index (κ3) is 5.71. The largest absolute Gasteiger partial charge is 0.336 e. The molecule has 200 valence electrons. The zero-order chi connectivity index (χ0) is 26.9. The first-order chi connectivity index (χ1) is 18.2. The van der Waals surface area contributed by atoms with Crippen LogP contribution in [0.2, 0.25) is 0 Å². The fourth-order valence-corrected chi connectivity index (χ4v) is 7.06. The smallest absolute Gasteiger partial charge is 0.257 e. The Labute approximate surface area is 230 Å². The summed E-state index contributed by atoms with van der Waals surface area (Å²) < 4.78 is 0. The molecule has 1 unspecified atom stereocenters. The maximum atomic E-state index is 14.0. The monoisotopic (exact) mass is 529 g/mol. The van der Waals surface area contributed by atoms with E-state index in [1.54, 1.807) is 11.3 Å². The second-order valence-corrected chi connectivity index (χ2v) is 12.9. The molecule has 0 bridgehead atoms. The lowest BCUT2D eigenvalue weighted by atomic mass is 9.72. The summed E-state index contributed by atoms with van der Waals surface area (Å²) in [5.41, 5.74) is 4.99. The van der Waals surface area contributed by atoms with Crippen molar-refractivity contribution in [2.45, 2.75) is 53.5 Å². The van der Waals surface area contributed by atoms with Crippen molar-refractivity contribution in [3.63, 3.8) is 0 Å². The predicted molar refractivity (Wildman–Crippen MR) is 156 cm³/mol. The summed E-state index contributed by atoms with van der Waals surface area (Å²) in [4.78, 5) is 33.0. The van der Waals surface area contributed by atoms with Gasteiger partial charge >= 0.3 is 0 Å². The lowest BCUT2D eigenvalue weighted by molar-refractivity contribution is 0.0628. The standard InChI is InChI=1S/C32H39N3O2S/c1-22-10-8-9-13-25(22)29(36)33-30-28(26-15-14-24(32(2,3)4)20-27(26)38-30)31(37)35-18-16-34(17-19-35)21-23-11-6-5-7-12-23/h5-13,24H,14-21H2,1-4H3,(H,33,36). The van der Waals surface area contributed by atoms with E-state index >= 15 is 0 Å². The quantitative estimate of drug-likeness (QED) is 0.415. The number of rotatable bonds is 5. The number of amides is 2. The number of aryl methyl sites for hydroxylation is 1. The summed E-state index contributed by atoms with van der Waals surface area (Å²) in [7, 11) is 0.